The summed E-state index contributed by atoms with van der Waals surface area (Å²) < 4.78 is 0. The van der Waals surface area contributed by atoms with Gasteiger partial charge in [-0.15, -0.1) is 0 Å². The number of carbonyl (C=O) groups excluding carboxylic acids is 4. The van der Waals surface area contributed by atoms with Crippen molar-refractivity contribution in [2.75, 3.05) is 23.9 Å². The summed E-state index contributed by atoms with van der Waals surface area (Å²) in [6, 6.07) is 14.0. The molecule has 0 fully saturated rings. The Bertz CT molecular complexity index is 815. The quantitative estimate of drug-likeness (QED) is 0.692. The van der Waals surface area contributed by atoms with Crippen molar-refractivity contribution in [3.8, 4) is 0 Å². The second-order valence-corrected chi connectivity index (χ2v) is 5.42. The minimum Gasteiger partial charge on any atom is -0.308 e. The topological polar surface area (TPSA) is 74.8 Å². The highest BCUT2D eigenvalue weighted by Crippen LogP contribution is 2.27. The number of hydrogen-bond donors (Lipinski definition) is 0. The van der Waals surface area contributed by atoms with Gasteiger partial charge in [0.1, 0.15) is 0 Å². The van der Waals surface area contributed by atoms with Crippen molar-refractivity contribution in [2.24, 2.45) is 0 Å². The Morgan fingerprint density at radius 3 is 1.25 bits per heavy atom. The average molecular weight is 322 g/mol. The van der Waals surface area contributed by atoms with Crippen LogP contribution in [-0.2, 0) is 9.59 Å². The molecular weight excluding hydrogens is 308 g/mol. The molecule has 2 aromatic carbocycles. The normalized spacial score (nSPS) is 15.2. The Labute approximate surface area is 138 Å². The van der Waals surface area contributed by atoms with E-state index in [0.717, 1.165) is 0 Å². The van der Waals surface area contributed by atoms with Gasteiger partial charge in [-0.3, -0.25) is 19.2 Å². The van der Waals surface area contributed by atoms with Crippen LogP contribution in [0, 0.1) is 0 Å². The molecule has 2 aliphatic heterocycles. The van der Waals surface area contributed by atoms with Gasteiger partial charge in [-0.1, -0.05) is 24.3 Å². The number of likely N-dealkylation sites (N-methyl/N-ethyl adjacent to an activating group) is 2. The van der Waals surface area contributed by atoms with Crippen molar-refractivity contribution in [1.82, 2.24) is 0 Å². The number of ketones is 2. The van der Waals surface area contributed by atoms with Crippen molar-refractivity contribution >= 4 is 34.8 Å². The highest BCUT2D eigenvalue weighted by atomic mass is 16.2. The molecule has 0 spiro atoms. The van der Waals surface area contributed by atoms with E-state index < -0.39 is 23.4 Å². The smallest absolute Gasteiger partial charge is 0.299 e. The Hall–Kier alpha value is -3.28. The molecule has 6 nitrogen and oxygen atoms in total. The zero-order valence-electron chi connectivity index (χ0n) is 13.1. The van der Waals surface area contributed by atoms with E-state index in [2.05, 4.69) is 0 Å². The summed E-state index contributed by atoms with van der Waals surface area (Å²) in [5.74, 6) is -1.71. The van der Waals surface area contributed by atoms with Crippen LogP contribution in [0.25, 0.3) is 0 Å². The van der Waals surface area contributed by atoms with E-state index in [-0.39, 0.29) is 0 Å². The van der Waals surface area contributed by atoms with E-state index in [1.165, 1.54) is 9.80 Å². The number of amides is 2. The molecule has 2 aliphatic rings. The molecule has 0 aliphatic carbocycles. The zero-order valence-corrected chi connectivity index (χ0v) is 13.1. The number of benzene rings is 2. The first-order chi connectivity index (χ1) is 11.4. The minimum atomic E-state index is -0.448. The lowest BCUT2D eigenvalue weighted by atomic mass is 10.1. The predicted octanol–water partition coefficient (Wildman–Crippen LogP) is 1.69. The molecule has 24 heavy (non-hydrogen) atoms. The molecular formula is C18H14N2O4. The van der Waals surface area contributed by atoms with Gasteiger partial charge >= 0.3 is 0 Å². The zero-order chi connectivity index (χ0) is 17.4. The first-order valence-electron chi connectivity index (χ1n) is 7.26. The van der Waals surface area contributed by atoms with E-state index in [4.69, 9.17) is 0 Å². The van der Waals surface area contributed by atoms with E-state index >= 15 is 0 Å². The molecule has 4 rings (SSSR count). The van der Waals surface area contributed by atoms with Crippen LogP contribution in [0.1, 0.15) is 20.7 Å². The molecule has 0 saturated heterocycles. The lowest BCUT2D eigenvalue weighted by molar-refractivity contribution is -0.114. The first-order valence-corrected chi connectivity index (χ1v) is 7.26. The standard InChI is InChI=1S/2C9H7NO2/c2*1-10-7-5-3-2-4-6(7)8(11)9(10)12/h2*2-5H,1H3. The molecule has 2 amide bonds. The maximum atomic E-state index is 11.2. The Kier molecular flexibility index (Phi) is 3.73. The number of anilines is 2. The second kappa shape index (κ2) is 5.73. The highest BCUT2D eigenvalue weighted by Gasteiger charge is 2.33. The number of para-hydroxylation sites is 2. The van der Waals surface area contributed by atoms with Crippen LogP contribution in [0.4, 0.5) is 11.4 Å². The molecule has 2 aromatic rings. The fraction of sp³-hybridized carbons (Fsp3) is 0.111. The summed E-state index contributed by atoms with van der Waals surface area (Å²) in [4.78, 5) is 47.5. The van der Waals surface area contributed by atoms with Gasteiger partial charge in [0, 0.05) is 14.1 Å². The molecule has 0 atom stereocenters. The Morgan fingerprint density at radius 1 is 0.583 bits per heavy atom. The number of rotatable bonds is 0. The third kappa shape index (κ3) is 2.28. The third-order valence-corrected chi connectivity index (χ3v) is 4.02. The molecule has 2 heterocycles. The van der Waals surface area contributed by atoms with Gasteiger partial charge in [0.15, 0.2) is 0 Å². The maximum Gasteiger partial charge on any atom is 0.299 e. The number of hydrogen-bond acceptors (Lipinski definition) is 4. The molecule has 0 radical (unpaired) electrons. The van der Waals surface area contributed by atoms with Gasteiger partial charge in [-0.25, -0.2) is 0 Å². The number of Topliss-reactive ketones (excluding diaryl/α,β-unsaturated/α-hetero) is 2. The highest BCUT2D eigenvalue weighted by molar-refractivity contribution is 6.52. The summed E-state index contributed by atoms with van der Waals surface area (Å²) in [5.41, 5.74) is 2.41. The average Bonchev–Trinajstić information content (AvgIpc) is 2.98. The Balaban J connectivity index is 0.000000141. The van der Waals surface area contributed by atoms with Crippen LogP contribution < -0.4 is 9.80 Å². The van der Waals surface area contributed by atoms with Gasteiger partial charge in [0.05, 0.1) is 22.5 Å². The minimum absolute atomic E-state index is 0.409. The molecule has 0 bridgehead atoms. The monoisotopic (exact) mass is 322 g/mol. The van der Waals surface area contributed by atoms with Gasteiger partial charge in [-0.05, 0) is 24.3 Å². The fourth-order valence-electron chi connectivity index (χ4n) is 2.67. The van der Waals surface area contributed by atoms with Gasteiger partial charge in [0.2, 0.25) is 0 Å². The van der Waals surface area contributed by atoms with Gasteiger partial charge in [-0.2, -0.15) is 0 Å². The van der Waals surface area contributed by atoms with Crippen molar-refractivity contribution in [3.63, 3.8) is 0 Å². The molecule has 0 aromatic heterocycles. The summed E-state index contributed by atoms with van der Waals surface area (Å²) >= 11 is 0. The first kappa shape index (κ1) is 15.6. The Morgan fingerprint density at radius 2 is 0.917 bits per heavy atom. The van der Waals surface area contributed by atoms with Gasteiger partial charge in [0.25, 0.3) is 23.4 Å². The van der Waals surface area contributed by atoms with Crippen molar-refractivity contribution in [3.05, 3.63) is 59.7 Å². The van der Waals surface area contributed by atoms with E-state index in [9.17, 15) is 19.2 Å². The number of nitrogens with zero attached hydrogens (tertiary/aromatic N) is 2. The number of carbonyl (C=O) groups is 4. The lowest BCUT2D eigenvalue weighted by Crippen LogP contribution is -2.24. The van der Waals surface area contributed by atoms with Crippen LogP contribution in [0.5, 0.6) is 0 Å². The van der Waals surface area contributed by atoms with Gasteiger partial charge < -0.3 is 9.80 Å². The third-order valence-electron chi connectivity index (χ3n) is 4.02. The van der Waals surface area contributed by atoms with E-state index in [1.54, 1.807) is 62.6 Å². The second-order valence-electron chi connectivity index (χ2n) is 5.42. The van der Waals surface area contributed by atoms with Crippen molar-refractivity contribution < 1.29 is 19.2 Å². The van der Waals surface area contributed by atoms with E-state index in [0.29, 0.717) is 22.5 Å². The van der Waals surface area contributed by atoms with Crippen molar-refractivity contribution in [1.29, 1.82) is 0 Å². The summed E-state index contributed by atoms with van der Waals surface area (Å²) in [5, 5.41) is 0. The van der Waals surface area contributed by atoms with Crippen LogP contribution in [0.15, 0.2) is 48.5 Å². The maximum absolute atomic E-state index is 11.2. The lowest BCUT2D eigenvalue weighted by Gasteiger charge is -2.06. The molecule has 0 N–H and O–H groups in total. The molecule has 120 valence electrons. The summed E-state index contributed by atoms with van der Waals surface area (Å²) in [6.07, 6.45) is 0. The van der Waals surface area contributed by atoms with Crippen LogP contribution in [0.2, 0.25) is 0 Å². The molecule has 0 saturated carbocycles. The molecule has 6 heteroatoms. The molecule has 0 unspecified atom stereocenters. The largest absolute Gasteiger partial charge is 0.308 e. The summed E-state index contributed by atoms with van der Waals surface area (Å²) in [7, 11) is 3.21. The van der Waals surface area contributed by atoms with Crippen LogP contribution in [0.3, 0.4) is 0 Å². The number of fused-ring (bicyclic) bond motifs is 2. The van der Waals surface area contributed by atoms with Crippen LogP contribution >= 0.6 is 0 Å². The summed E-state index contributed by atoms with van der Waals surface area (Å²) in [6.45, 7) is 0. The fourth-order valence-corrected chi connectivity index (χ4v) is 2.67. The van der Waals surface area contributed by atoms with Crippen molar-refractivity contribution in [2.45, 2.75) is 0 Å². The van der Waals surface area contributed by atoms with Crippen LogP contribution in [-0.4, -0.2) is 37.5 Å². The predicted molar refractivity (Wildman–Crippen MR) is 88.4 cm³/mol. The van der Waals surface area contributed by atoms with E-state index in [1.807, 2.05) is 0 Å². The SMILES string of the molecule is CN1C(=O)C(=O)c2ccccc21.CN1C(=O)C(=O)c2ccccc21.